The van der Waals surface area contributed by atoms with Crippen molar-refractivity contribution >= 4 is 43.2 Å². The molecule has 1 aromatic carbocycles. The molecule has 0 radical (unpaired) electrons. The Morgan fingerprint density at radius 1 is 1.12 bits per heavy atom. The minimum atomic E-state index is 0.289. The first kappa shape index (κ1) is 13.3. The van der Waals surface area contributed by atoms with Crippen molar-refractivity contribution < 1.29 is 0 Å². The molecule has 17 heavy (non-hydrogen) atoms. The van der Waals surface area contributed by atoms with Crippen LogP contribution in [0.25, 0.3) is 0 Å². The van der Waals surface area contributed by atoms with Gasteiger partial charge in [-0.3, -0.25) is 0 Å². The Kier molecular flexibility index (Phi) is 4.11. The third-order valence-corrected chi connectivity index (χ3v) is 6.32. The predicted molar refractivity (Wildman–Crippen MR) is 83.4 cm³/mol. The van der Waals surface area contributed by atoms with Crippen molar-refractivity contribution in [2.45, 2.75) is 25.6 Å². The topological polar surface area (TPSA) is 0 Å². The minimum absolute atomic E-state index is 0.289. The van der Waals surface area contributed by atoms with E-state index in [9.17, 15) is 0 Å². The molecular weight excluding hydrogens is 360 g/mol. The van der Waals surface area contributed by atoms with Crippen LogP contribution in [0.1, 0.15) is 31.3 Å². The lowest BCUT2D eigenvalue weighted by atomic mass is 10.0. The van der Waals surface area contributed by atoms with Gasteiger partial charge in [-0.1, -0.05) is 39.7 Å². The largest absolute Gasteiger partial charge is 0.143 e. The van der Waals surface area contributed by atoms with E-state index in [1.165, 1.54) is 30.9 Å². The first-order valence-corrected chi connectivity index (χ1v) is 7.98. The number of rotatable bonds is 2. The van der Waals surface area contributed by atoms with Crippen LogP contribution in [0.2, 0.25) is 0 Å². The third kappa shape index (κ3) is 2.83. The summed E-state index contributed by atoms with van der Waals surface area (Å²) in [5.74, 6) is 0. The molecule has 1 aromatic heterocycles. The van der Waals surface area contributed by atoms with E-state index in [0.29, 0.717) is 0 Å². The maximum absolute atomic E-state index is 3.82. The van der Waals surface area contributed by atoms with Gasteiger partial charge in [-0.25, -0.2) is 0 Å². The molecule has 0 aliphatic carbocycles. The highest BCUT2D eigenvalue weighted by Crippen LogP contribution is 2.39. The zero-order valence-electron chi connectivity index (χ0n) is 10.1. The van der Waals surface area contributed by atoms with E-state index < -0.39 is 0 Å². The molecule has 0 aliphatic heterocycles. The summed E-state index contributed by atoms with van der Waals surface area (Å²) >= 11 is 9.23. The number of hydrogen-bond acceptors (Lipinski definition) is 1. The van der Waals surface area contributed by atoms with Crippen molar-refractivity contribution in [3.8, 4) is 0 Å². The van der Waals surface area contributed by atoms with E-state index in [4.69, 9.17) is 0 Å². The smallest absolute Gasteiger partial charge is 0.0741 e. The van der Waals surface area contributed by atoms with Crippen LogP contribution in [0.15, 0.2) is 28.7 Å². The fourth-order valence-corrected chi connectivity index (χ4v) is 4.26. The van der Waals surface area contributed by atoms with Gasteiger partial charge >= 0.3 is 0 Å². The molecule has 2 aromatic rings. The summed E-state index contributed by atoms with van der Waals surface area (Å²) in [5.41, 5.74) is 4.00. The van der Waals surface area contributed by atoms with Crippen LogP contribution in [0.3, 0.4) is 0 Å². The average molecular weight is 374 g/mol. The van der Waals surface area contributed by atoms with Gasteiger partial charge in [-0.05, 0) is 53.9 Å². The monoisotopic (exact) mass is 372 g/mol. The van der Waals surface area contributed by atoms with Gasteiger partial charge in [0.2, 0.25) is 0 Å². The van der Waals surface area contributed by atoms with Gasteiger partial charge in [0.05, 0.1) is 4.83 Å². The standard InChI is InChI=1S/C14H14Br2S/c1-8-4-5-9(2)11(6-8)14(16)13-7-12(15)10(3)17-13/h4-7,14H,1-3H3. The SMILES string of the molecule is Cc1ccc(C)c(C(Br)c2cc(Br)c(C)s2)c1. The summed E-state index contributed by atoms with van der Waals surface area (Å²) in [7, 11) is 0. The molecule has 3 heteroatoms. The Bertz CT molecular complexity index is 524. The van der Waals surface area contributed by atoms with Crippen molar-refractivity contribution in [2.75, 3.05) is 0 Å². The maximum atomic E-state index is 3.82. The van der Waals surface area contributed by atoms with Crippen LogP contribution >= 0.6 is 43.2 Å². The molecule has 1 unspecified atom stereocenters. The summed E-state index contributed by atoms with van der Waals surface area (Å²) in [6, 6.07) is 8.82. The Morgan fingerprint density at radius 2 is 1.82 bits per heavy atom. The Balaban J connectivity index is 2.42. The lowest BCUT2D eigenvalue weighted by Gasteiger charge is -2.12. The number of alkyl halides is 1. The van der Waals surface area contributed by atoms with Gasteiger partial charge in [0.25, 0.3) is 0 Å². The molecule has 0 amide bonds. The molecule has 0 N–H and O–H groups in total. The lowest BCUT2D eigenvalue weighted by Crippen LogP contribution is -1.94. The highest BCUT2D eigenvalue weighted by molar-refractivity contribution is 9.10. The molecule has 0 nitrogen and oxygen atoms in total. The van der Waals surface area contributed by atoms with E-state index in [2.05, 4.69) is 76.9 Å². The van der Waals surface area contributed by atoms with Gasteiger partial charge in [-0.2, -0.15) is 0 Å². The van der Waals surface area contributed by atoms with Crippen LogP contribution < -0.4 is 0 Å². The Hall–Kier alpha value is -0.120. The van der Waals surface area contributed by atoms with Crippen molar-refractivity contribution in [3.05, 3.63) is 55.2 Å². The van der Waals surface area contributed by atoms with Crippen molar-refractivity contribution in [1.29, 1.82) is 0 Å². The zero-order chi connectivity index (χ0) is 12.6. The van der Waals surface area contributed by atoms with Crippen LogP contribution in [-0.2, 0) is 0 Å². The van der Waals surface area contributed by atoms with Gasteiger partial charge in [0, 0.05) is 14.2 Å². The van der Waals surface area contributed by atoms with E-state index >= 15 is 0 Å². The van der Waals surface area contributed by atoms with Crippen LogP contribution in [-0.4, -0.2) is 0 Å². The van der Waals surface area contributed by atoms with Crippen molar-refractivity contribution in [2.24, 2.45) is 0 Å². The summed E-state index contributed by atoms with van der Waals surface area (Å²) in [4.78, 5) is 2.97. The summed E-state index contributed by atoms with van der Waals surface area (Å²) in [6.07, 6.45) is 0. The molecule has 1 atom stereocenters. The number of thiophene rings is 1. The summed E-state index contributed by atoms with van der Waals surface area (Å²) in [6.45, 7) is 6.44. The predicted octanol–water partition coefficient (Wildman–Crippen LogP) is 5.92. The first-order valence-electron chi connectivity index (χ1n) is 5.46. The Morgan fingerprint density at radius 3 is 2.41 bits per heavy atom. The number of hydrogen-bond donors (Lipinski definition) is 0. The van der Waals surface area contributed by atoms with E-state index in [1.54, 1.807) is 0 Å². The summed E-state index contributed by atoms with van der Waals surface area (Å²) in [5, 5.41) is 0. The van der Waals surface area contributed by atoms with E-state index in [-0.39, 0.29) is 4.83 Å². The quantitative estimate of drug-likeness (QED) is 0.573. The Labute approximate surface area is 123 Å². The molecule has 0 saturated heterocycles. The van der Waals surface area contributed by atoms with Gasteiger partial charge in [0.15, 0.2) is 0 Å². The van der Waals surface area contributed by atoms with E-state index in [0.717, 1.165) is 0 Å². The normalized spacial score (nSPS) is 12.8. The second-order valence-electron chi connectivity index (χ2n) is 4.28. The minimum Gasteiger partial charge on any atom is -0.143 e. The number of halogens is 2. The molecule has 0 spiro atoms. The third-order valence-electron chi connectivity index (χ3n) is 2.83. The number of benzene rings is 1. The maximum Gasteiger partial charge on any atom is 0.0741 e. The molecular formula is C14H14Br2S. The fraction of sp³-hybridized carbons (Fsp3) is 0.286. The van der Waals surface area contributed by atoms with Crippen LogP contribution in [0.5, 0.6) is 0 Å². The van der Waals surface area contributed by atoms with Gasteiger partial charge in [-0.15, -0.1) is 11.3 Å². The second-order valence-corrected chi connectivity index (χ2v) is 7.33. The highest BCUT2D eigenvalue weighted by atomic mass is 79.9. The van der Waals surface area contributed by atoms with Crippen LogP contribution in [0, 0.1) is 20.8 Å². The highest BCUT2D eigenvalue weighted by Gasteiger charge is 2.16. The molecule has 2 rings (SSSR count). The molecule has 1 heterocycles. The molecule has 0 saturated carbocycles. The second kappa shape index (κ2) is 5.25. The lowest BCUT2D eigenvalue weighted by molar-refractivity contribution is 1.16. The van der Waals surface area contributed by atoms with Gasteiger partial charge in [0.1, 0.15) is 0 Å². The van der Waals surface area contributed by atoms with Crippen molar-refractivity contribution in [3.63, 3.8) is 0 Å². The van der Waals surface area contributed by atoms with Crippen LogP contribution in [0.4, 0.5) is 0 Å². The molecule has 0 aliphatic rings. The van der Waals surface area contributed by atoms with Crippen molar-refractivity contribution in [1.82, 2.24) is 0 Å². The average Bonchev–Trinajstić information content (AvgIpc) is 2.62. The first-order chi connectivity index (χ1) is 7.99. The van der Waals surface area contributed by atoms with Gasteiger partial charge < -0.3 is 0 Å². The molecule has 90 valence electrons. The summed E-state index contributed by atoms with van der Waals surface area (Å²) < 4.78 is 1.20. The van der Waals surface area contributed by atoms with E-state index in [1.807, 2.05) is 11.3 Å². The molecule has 0 fully saturated rings. The zero-order valence-corrected chi connectivity index (χ0v) is 14.0. The fourth-order valence-electron chi connectivity index (χ4n) is 1.79. The number of aryl methyl sites for hydroxylation is 3. The molecule has 0 bridgehead atoms.